The SMILES string of the molecule is c1ccc(-c2c3c(c(-c4ccccc4)c4ccccc24)-c2ccc(-c4ccc(N(c5ccccc5)c5cc6cccnc6c6ccccc56)cc4)c4cccc-3c24)cc1. The second kappa shape index (κ2) is 13.4. The summed E-state index contributed by atoms with van der Waals surface area (Å²) in [7, 11) is 0. The van der Waals surface area contributed by atoms with Crippen LogP contribution in [-0.2, 0) is 0 Å². The highest BCUT2D eigenvalue weighted by Crippen LogP contribution is 2.58. The molecule has 10 aromatic carbocycles. The van der Waals surface area contributed by atoms with Crippen molar-refractivity contribution in [1.29, 1.82) is 0 Å². The average Bonchev–Trinajstić information content (AvgIpc) is 3.64. The van der Waals surface area contributed by atoms with Gasteiger partial charge in [0.15, 0.2) is 0 Å². The number of pyridine rings is 1. The van der Waals surface area contributed by atoms with Crippen LogP contribution in [0.25, 0.3) is 98.9 Å². The second-order valence-corrected chi connectivity index (χ2v) is 15.4. The van der Waals surface area contributed by atoms with Crippen molar-refractivity contribution < 1.29 is 0 Å². The van der Waals surface area contributed by atoms with E-state index in [1.54, 1.807) is 0 Å². The lowest BCUT2D eigenvalue weighted by Crippen LogP contribution is -2.10. The fourth-order valence-corrected chi connectivity index (χ4v) is 9.74. The topological polar surface area (TPSA) is 16.1 Å². The van der Waals surface area contributed by atoms with Crippen LogP contribution in [0, 0.1) is 0 Å². The molecule has 0 radical (unpaired) electrons. The van der Waals surface area contributed by atoms with Gasteiger partial charge in [-0.1, -0.05) is 176 Å². The number of hydrogen-bond acceptors (Lipinski definition) is 2. The van der Waals surface area contributed by atoms with E-state index in [0.29, 0.717) is 0 Å². The summed E-state index contributed by atoms with van der Waals surface area (Å²) in [6, 6.07) is 77.4. The Labute approximate surface area is 342 Å². The van der Waals surface area contributed by atoms with Crippen molar-refractivity contribution in [3.63, 3.8) is 0 Å². The molecule has 0 amide bonds. The summed E-state index contributed by atoms with van der Waals surface area (Å²) in [6.07, 6.45) is 1.88. The molecule has 2 nitrogen and oxygen atoms in total. The highest BCUT2D eigenvalue weighted by molar-refractivity contribution is 6.28. The minimum atomic E-state index is 1.02. The van der Waals surface area contributed by atoms with Gasteiger partial charge in [0, 0.05) is 33.7 Å². The van der Waals surface area contributed by atoms with E-state index in [1.807, 2.05) is 12.3 Å². The minimum Gasteiger partial charge on any atom is -0.310 e. The van der Waals surface area contributed by atoms with Crippen molar-refractivity contribution in [2.45, 2.75) is 0 Å². The first-order chi connectivity index (χ1) is 29.3. The molecule has 1 aliphatic carbocycles. The molecule has 12 rings (SSSR count). The quantitative estimate of drug-likeness (QED) is 0.157. The molecule has 0 aliphatic heterocycles. The molecule has 11 aromatic rings. The average molecular weight is 749 g/mol. The molecule has 0 unspecified atom stereocenters. The van der Waals surface area contributed by atoms with E-state index >= 15 is 0 Å². The molecule has 0 fully saturated rings. The summed E-state index contributed by atoms with van der Waals surface area (Å²) < 4.78 is 0. The Morgan fingerprint density at radius 1 is 0.322 bits per heavy atom. The number of para-hydroxylation sites is 1. The Morgan fingerprint density at radius 3 is 1.51 bits per heavy atom. The zero-order chi connectivity index (χ0) is 38.9. The van der Waals surface area contributed by atoms with Gasteiger partial charge in [-0.15, -0.1) is 0 Å². The van der Waals surface area contributed by atoms with Gasteiger partial charge in [-0.3, -0.25) is 4.98 Å². The minimum absolute atomic E-state index is 1.02. The van der Waals surface area contributed by atoms with Gasteiger partial charge in [0.25, 0.3) is 0 Å². The van der Waals surface area contributed by atoms with Gasteiger partial charge in [0.2, 0.25) is 0 Å². The van der Waals surface area contributed by atoms with Gasteiger partial charge in [0.05, 0.1) is 11.2 Å². The molecule has 0 bridgehead atoms. The number of benzene rings is 10. The van der Waals surface area contributed by atoms with Crippen LogP contribution in [0.2, 0.25) is 0 Å². The second-order valence-electron chi connectivity index (χ2n) is 15.4. The molecule has 2 heteroatoms. The Morgan fingerprint density at radius 2 is 0.847 bits per heavy atom. The van der Waals surface area contributed by atoms with Crippen molar-refractivity contribution in [3.8, 4) is 55.6 Å². The van der Waals surface area contributed by atoms with Gasteiger partial charge in [0.1, 0.15) is 0 Å². The summed E-state index contributed by atoms with van der Waals surface area (Å²) in [5, 5.41) is 8.55. The summed E-state index contributed by atoms with van der Waals surface area (Å²) >= 11 is 0. The number of fused-ring (bicyclic) bond motifs is 7. The Bertz CT molecular complexity index is 3320. The Kier molecular flexibility index (Phi) is 7.57. The maximum Gasteiger partial charge on any atom is 0.0781 e. The van der Waals surface area contributed by atoms with Gasteiger partial charge >= 0.3 is 0 Å². The predicted octanol–water partition coefficient (Wildman–Crippen LogP) is 15.8. The van der Waals surface area contributed by atoms with Gasteiger partial charge < -0.3 is 4.90 Å². The number of hydrogen-bond donors (Lipinski definition) is 0. The van der Waals surface area contributed by atoms with Crippen LogP contribution in [0.5, 0.6) is 0 Å². The van der Waals surface area contributed by atoms with E-state index in [1.165, 1.54) is 77.2 Å². The third-order valence-corrected chi connectivity index (χ3v) is 12.2. The first-order valence-corrected chi connectivity index (χ1v) is 20.3. The van der Waals surface area contributed by atoms with Gasteiger partial charge in [-0.05, 0) is 114 Å². The molecular formula is C57H36N2. The van der Waals surface area contributed by atoms with Crippen LogP contribution in [0.4, 0.5) is 17.1 Å². The van der Waals surface area contributed by atoms with Crippen LogP contribution in [0.1, 0.15) is 0 Å². The molecule has 59 heavy (non-hydrogen) atoms. The van der Waals surface area contributed by atoms with E-state index in [-0.39, 0.29) is 0 Å². The standard InChI is InChI=1S/C57H36N2/c1-4-16-38(17-5-1)52-46-24-11-12-25-47(46)53(39-18-6-2-7-19-39)56-50-34-33-43(45-27-14-28-49(54(45)50)55(52)56)37-29-31-42(32-30-37)59(41-21-8-3-9-22-41)51-36-40-20-15-35-58-57(40)48-26-13-10-23-44(48)51/h1-36H. The van der Waals surface area contributed by atoms with Crippen LogP contribution in [0.3, 0.4) is 0 Å². The summed E-state index contributed by atoms with van der Waals surface area (Å²) in [6.45, 7) is 0. The Hall–Kier alpha value is -7.81. The largest absolute Gasteiger partial charge is 0.310 e. The van der Waals surface area contributed by atoms with E-state index in [0.717, 1.165) is 38.7 Å². The van der Waals surface area contributed by atoms with Crippen molar-refractivity contribution in [2.75, 3.05) is 4.90 Å². The molecule has 0 saturated carbocycles. The van der Waals surface area contributed by atoms with Crippen LogP contribution in [0.15, 0.2) is 219 Å². The zero-order valence-electron chi connectivity index (χ0n) is 32.2. The highest BCUT2D eigenvalue weighted by atomic mass is 15.1. The lowest BCUT2D eigenvalue weighted by molar-refractivity contribution is 1.30. The summed E-state index contributed by atoms with van der Waals surface area (Å²) in [4.78, 5) is 7.17. The lowest BCUT2D eigenvalue weighted by Gasteiger charge is -2.27. The molecule has 274 valence electrons. The number of nitrogens with zero attached hydrogens (tertiary/aromatic N) is 2. The summed E-state index contributed by atoms with van der Waals surface area (Å²) in [5.41, 5.74) is 17.0. The van der Waals surface area contributed by atoms with Crippen molar-refractivity contribution in [2.24, 2.45) is 0 Å². The van der Waals surface area contributed by atoms with E-state index < -0.39 is 0 Å². The van der Waals surface area contributed by atoms with E-state index in [2.05, 4.69) is 211 Å². The van der Waals surface area contributed by atoms with Crippen LogP contribution < -0.4 is 4.90 Å². The maximum atomic E-state index is 4.79. The van der Waals surface area contributed by atoms with Gasteiger partial charge in [-0.2, -0.15) is 0 Å². The predicted molar refractivity (Wildman–Crippen MR) is 250 cm³/mol. The Balaban J connectivity index is 1.06. The number of anilines is 3. The van der Waals surface area contributed by atoms with Crippen LogP contribution >= 0.6 is 0 Å². The highest BCUT2D eigenvalue weighted by Gasteiger charge is 2.31. The first-order valence-electron chi connectivity index (χ1n) is 20.3. The molecular weight excluding hydrogens is 713 g/mol. The maximum absolute atomic E-state index is 4.79. The molecule has 0 N–H and O–H groups in total. The summed E-state index contributed by atoms with van der Waals surface area (Å²) in [5.74, 6) is 0. The van der Waals surface area contributed by atoms with Crippen molar-refractivity contribution in [1.82, 2.24) is 4.98 Å². The fraction of sp³-hybridized carbons (Fsp3) is 0. The number of aromatic nitrogens is 1. The van der Waals surface area contributed by atoms with Crippen molar-refractivity contribution >= 4 is 60.3 Å². The smallest absolute Gasteiger partial charge is 0.0781 e. The van der Waals surface area contributed by atoms with E-state index in [9.17, 15) is 0 Å². The fourth-order valence-electron chi connectivity index (χ4n) is 9.74. The molecule has 1 heterocycles. The molecule has 1 aliphatic rings. The van der Waals surface area contributed by atoms with Crippen LogP contribution in [-0.4, -0.2) is 4.98 Å². The third-order valence-electron chi connectivity index (χ3n) is 12.2. The normalized spacial score (nSPS) is 11.7. The number of rotatable bonds is 6. The van der Waals surface area contributed by atoms with E-state index in [4.69, 9.17) is 4.98 Å². The molecule has 0 spiro atoms. The first kappa shape index (κ1) is 33.3. The van der Waals surface area contributed by atoms with Gasteiger partial charge in [-0.25, -0.2) is 0 Å². The zero-order valence-corrected chi connectivity index (χ0v) is 32.2. The molecule has 0 saturated heterocycles. The van der Waals surface area contributed by atoms with Crippen molar-refractivity contribution in [3.05, 3.63) is 219 Å². The lowest BCUT2D eigenvalue weighted by atomic mass is 9.82. The third kappa shape index (κ3) is 5.17. The molecule has 0 atom stereocenters. The monoisotopic (exact) mass is 748 g/mol. The molecule has 1 aromatic heterocycles.